The van der Waals surface area contributed by atoms with Gasteiger partial charge in [0.15, 0.2) is 0 Å². The summed E-state index contributed by atoms with van der Waals surface area (Å²) in [5.74, 6) is 3.43. The van der Waals surface area contributed by atoms with Crippen molar-refractivity contribution in [1.82, 2.24) is 10.2 Å². The molecule has 320 valence electrons. The van der Waals surface area contributed by atoms with Crippen LogP contribution >= 0.6 is 0 Å². The van der Waals surface area contributed by atoms with Crippen molar-refractivity contribution in [3.63, 3.8) is 0 Å². The first-order valence-corrected chi connectivity index (χ1v) is 20.9. The van der Waals surface area contributed by atoms with Gasteiger partial charge in [0, 0.05) is 35.7 Å². The number of primary amides is 1. The van der Waals surface area contributed by atoms with E-state index >= 15 is 14.4 Å². The normalized spacial score (nSPS) is 23.7. The largest absolute Gasteiger partial charge is 0.491 e. The van der Waals surface area contributed by atoms with Crippen LogP contribution in [0.25, 0.3) is 0 Å². The van der Waals surface area contributed by atoms with Crippen LogP contribution in [0.15, 0.2) is 127 Å². The number of hydrogen-bond acceptors (Lipinski definition) is 10. The Morgan fingerprint density at radius 3 is 2.24 bits per heavy atom. The van der Waals surface area contributed by atoms with Crippen LogP contribution in [0, 0.1) is 17.8 Å². The van der Waals surface area contributed by atoms with Gasteiger partial charge >= 0.3 is 12.0 Å². The quantitative estimate of drug-likeness (QED) is 0.0965. The van der Waals surface area contributed by atoms with Crippen LogP contribution in [0.4, 0.5) is 21.9 Å². The molecule has 4 aliphatic rings. The zero-order valence-corrected chi connectivity index (χ0v) is 34.2. The number of carbonyl (C=O) groups excluding carboxylic acids is 4. The number of amides is 4. The molecule has 63 heavy (non-hydrogen) atoms. The maximum absolute atomic E-state index is 15.5. The van der Waals surface area contributed by atoms with Gasteiger partial charge in [0.1, 0.15) is 29.9 Å². The number of aliphatic hydroxyl groups is 1. The summed E-state index contributed by atoms with van der Waals surface area (Å²) in [6.07, 6.45) is -0.836. The van der Waals surface area contributed by atoms with Crippen LogP contribution in [0.1, 0.15) is 46.0 Å². The molecule has 9 rings (SSSR count). The lowest BCUT2D eigenvalue weighted by Gasteiger charge is -2.46. The van der Waals surface area contributed by atoms with Gasteiger partial charge < -0.3 is 45.9 Å². The van der Waals surface area contributed by atoms with Gasteiger partial charge in [0.25, 0.3) is 0 Å². The van der Waals surface area contributed by atoms with E-state index in [0.717, 1.165) is 29.9 Å². The molecule has 5 aromatic carbocycles. The van der Waals surface area contributed by atoms with E-state index in [2.05, 4.69) is 32.7 Å². The van der Waals surface area contributed by atoms with Gasteiger partial charge in [-0.05, 0) is 76.9 Å². The van der Waals surface area contributed by atoms with Crippen LogP contribution in [0.5, 0.6) is 5.75 Å². The van der Waals surface area contributed by atoms with E-state index in [1.165, 1.54) is 0 Å². The van der Waals surface area contributed by atoms with Gasteiger partial charge in [-0.2, -0.15) is 0 Å². The fourth-order valence-corrected chi connectivity index (χ4v) is 9.66. The van der Waals surface area contributed by atoms with Crippen molar-refractivity contribution >= 4 is 40.9 Å². The molecule has 14 heteroatoms. The average molecular weight is 847 g/mol. The molecule has 4 amide bonds. The van der Waals surface area contributed by atoms with Crippen molar-refractivity contribution in [2.24, 2.45) is 11.7 Å². The Bertz CT molecular complexity index is 2560. The van der Waals surface area contributed by atoms with E-state index in [4.69, 9.17) is 19.9 Å². The first-order chi connectivity index (χ1) is 30.8. The SMILES string of the molecule is NC(=O)NCC#Cc1ccc2c(c1)[C@]1(C(=O)N2)[C@H](C(=O)Nc2ccc(N3CCOCC3)cc2)[C@H]2C(=O)O[C@H](c3ccccc3)[C@H](c3ccccc3)N2[C@@H]1c1ccc(OCCO)cc1. The summed E-state index contributed by atoms with van der Waals surface area (Å²) < 4.78 is 17.8. The van der Waals surface area contributed by atoms with Crippen molar-refractivity contribution in [1.29, 1.82) is 0 Å². The molecule has 0 saturated carbocycles. The van der Waals surface area contributed by atoms with Gasteiger partial charge in [-0.1, -0.05) is 84.6 Å². The molecule has 4 aliphatic heterocycles. The fraction of sp³-hybridized carbons (Fsp3) is 0.265. The lowest BCUT2D eigenvalue weighted by Crippen LogP contribution is -2.53. The number of urea groups is 1. The van der Waals surface area contributed by atoms with Crippen LogP contribution in [0.2, 0.25) is 0 Å². The van der Waals surface area contributed by atoms with E-state index < -0.39 is 59.4 Å². The Hall–Kier alpha value is -7.18. The van der Waals surface area contributed by atoms with Crippen LogP contribution in [0.3, 0.4) is 0 Å². The van der Waals surface area contributed by atoms with Crippen LogP contribution in [-0.2, 0) is 29.3 Å². The Morgan fingerprint density at radius 2 is 1.56 bits per heavy atom. The number of hydrogen-bond donors (Lipinski definition) is 5. The summed E-state index contributed by atoms with van der Waals surface area (Å²) in [4.78, 5) is 61.8. The number of morpholine rings is 2. The highest BCUT2D eigenvalue weighted by atomic mass is 16.6. The van der Waals surface area contributed by atoms with Crippen LogP contribution < -0.4 is 31.3 Å². The minimum atomic E-state index is -1.76. The monoisotopic (exact) mass is 846 g/mol. The third kappa shape index (κ3) is 7.71. The second kappa shape index (κ2) is 17.7. The summed E-state index contributed by atoms with van der Waals surface area (Å²) in [5, 5.41) is 18.2. The maximum atomic E-state index is 15.5. The number of carbonyl (C=O) groups is 4. The van der Waals surface area contributed by atoms with Gasteiger partial charge in [-0.15, -0.1) is 0 Å². The van der Waals surface area contributed by atoms with E-state index in [9.17, 15) is 9.90 Å². The predicted octanol–water partition coefficient (Wildman–Crippen LogP) is 4.82. The van der Waals surface area contributed by atoms with Crippen molar-refractivity contribution < 1.29 is 38.5 Å². The number of benzene rings is 5. The topological polar surface area (TPSA) is 185 Å². The van der Waals surface area contributed by atoms with E-state index in [1.807, 2.05) is 102 Å². The summed E-state index contributed by atoms with van der Waals surface area (Å²) in [5.41, 5.74) is 8.62. The minimum absolute atomic E-state index is 0.0151. The Kier molecular flexibility index (Phi) is 11.5. The number of aliphatic hydroxyl groups excluding tert-OH is 1. The highest BCUT2D eigenvalue weighted by molar-refractivity contribution is 6.13. The smallest absolute Gasteiger partial charge is 0.324 e. The summed E-state index contributed by atoms with van der Waals surface area (Å²) >= 11 is 0. The molecule has 4 heterocycles. The minimum Gasteiger partial charge on any atom is -0.491 e. The van der Waals surface area contributed by atoms with E-state index in [1.54, 1.807) is 30.3 Å². The molecular weight excluding hydrogens is 801 g/mol. The molecule has 1 spiro atoms. The molecule has 5 aromatic rings. The molecule has 3 fully saturated rings. The molecule has 0 unspecified atom stereocenters. The van der Waals surface area contributed by atoms with Crippen molar-refractivity contribution in [2.75, 3.05) is 61.6 Å². The number of esters is 1. The second-order valence-electron chi connectivity index (χ2n) is 15.8. The summed E-state index contributed by atoms with van der Waals surface area (Å²) in [7, 11) is 0. The molecule has 14 nitrogen and oxygen atoms in total. The Labute approximate surface area is 364 Å². The maximum Gasteiger partial charge on any atom is 0.324 e. The fourth-order valence-electron chi connectivity index (χ4n) is 9.66. The number of ether oxygens (including phenoxy) is 3. The van der Waals surface area contributed by atoms with Gasteiger partial charge in [-0.25, -0.2) is 4.79 Å². The second-order valence-corrected chi connectivity index (χ2v) is 15.8. The average Bonchev–Trinajstić information content (AvgIpc) is 3.79. The Balaban J connectivity index is 1.26. The highest BCUT2D eigenvalue weighted by Gasteiger charge is 2.74. The number of nitrogens with zero attached hydrogens (tertiary/aromatic N) is 2. The Morgan fingerprint density at radius 1 is 0.857 bits per heavy atom. The van der Waals surface area contributed by atoms with Gasteiger partial charge in [0.2, 0.25) is 11.8 Å². The third-order valence-electron chi connectivity index (χ3n) is 12.2. The summed E-state index contributed by atoms with van der Waals surface area (Å²) in [6, 6.07) is 35.5. The molecule has 0 bridgehead atoms. The number of fused-ring (bicyclic) bond motifs is 3. The van der Waals surface area contributed by atoms with Crippen LogP contribution in [-0.4, -0.2) is 85.9 Å². The van der Waals surface area contributed by atoms with E-state index in [0.29, 0.717) is 47.0 Å². The van der Waals surface area contributed by atoms with Crippen molar-refractivity contribution in [3.05, 3.63) is 155 Å². The summed E-state index contributed by atoms with van der Waals surface area (Å²) in [6.45, 7) is 2.59. The third-order valence-corrected chi connectivity index (χ3v) is 12.2. The lowest BCUT2D eigenvalue weighted by molar-refractivity contribution is -0.177. The molecule has 6 atom stereocenters. The van der Waals surface area contributed by atoms with Gasteiger partial charge in [0.05, 0.1) is 44.4 Å². The highest BCUT2D eigenvalue weighted by Crippen LogP contribution is 2.65. The standard InChI is InChI=1S/C49H46N6O8/c50-48(60)51-23-7-8-31-13-22-39-38(30-31)49(47(59)53-39)40(45(57)52-35-16-18-36(19-17-35)54-24-27-61-28-25-54)42-46(58)63-43(33-11-5-2-6-12-33)41(32-9-3-1-4-10-32)55(42)44(49)34-14-20-37(21-15-34)62-29-26-56/h1-6,9-22,30,40-44,56H,23-29H2,(H,52,57)(H,53,59)(H3,50,51,60)/t40-,41-,42-,43+,44+,49-/m0/s1. The zero-order valence-electron chi connectivity index (χ0n) is 34.2. The number of nitrogens with one attached hydrogen (secondary N) is 3. The molecular formula is C49H46N6O8. The first-order valence-electron chi connectivity index (χ1n) is 20.9. The van der Waals surface area contributed by atoms with E-state index in [-0.39, 0.29) is 19.8 Å². The van der Waals surface area contributed by atoms with Crippen molar-refractivity contribution in [3.8, 4) is 17.6 Å². The number of cyclic esters (lactones) is 1. The number of anilines is 3. The molecule has 0 aliphatic carbocycles. The molecule has 6 N–H and O–H groups in total. The molecule has 3 saturated heterocycles. The number of nitrogens with two attached hydrogens (primary N) is 1. The lowest BCUT2D eigenvalue weighted by atomic mass is 9.65. The van der Waals surface area contributed by atoms with Crippen molar-refractivity contribution in [2.45, 2.75) is 29.6 Å². The number of rotatable bonds is 10. The molecule has 0 aromatic heterocycles. The first kappa shape index (κ1) is 41.2. The molecule has 0 radical (unpaired) electrons. The zero-order chi connectivity index (χ0) is 43.5. The van der Waals surface area contributed by atoms with Gasteiger partial charge in [-0.3, -0.25) is 19.3 Å². The predicted molar refractivity (Wildman–Crippen MR) is 235 cm³/mol.